The predicted octanol–water partition coefficient (Wildman–Crippen LogP) is 4.04. The number of nitrogens with one attached hydrogen (secondary N) is 4. The maximum absolute atomic E-state index is 14.3. The van der Waals surface area contributed by atoms with Crippen LogP contribution in [0.1, 0.15) is 87.9 Å². The summed E-state index contributed by atoms with van der Waals surface area (Å²) in [5, 5.41) is 7.07. The van der Waals surface area contributed by atoms with Gasteiger partial charge >= 0.3 is 24.1 Å². The van der Waals surface area contributed by atoms with Crippen LogP contribution in [0.25, 0.3) is 0 Å². The highest BCUT2D eigenvalue weighted by atomic mass is 32.2. The Labute approximate surface area is 370 Å². The first-order valence-electron chi connectivity index (χ1n) is 20.1. The predicted molar refractivity (Wildman–Crippen MR) is 229 cm³/mol. The smallest absolute Gasteiger partial charge is 0.411 e. The van der Waals surface area contributed by atoms with Gasteiger partial charge in [-0.3, -0.25) is 24.4 Å². The number of esters is 2. The number of ether oxygens (including phenoxy) is 4. The highest BCUT2D eigenvalue weighted by Gasteiger charge is 2.62. The molecule has 1 heterocycles. The van der Waals surface area contributed by atoms with Gasteiger partial charge in [0, 0.05) is 12.3 Å². The quantitative estimate of drug-likeness (QED) is 0.0727. The fraction of sp³-hybridized carbons (Fsp3) is 0.488. The highest BCUT2D eigenvalue weighted by Crippen LogP contribution is 2.45. The zero-order valence-electron chi connectivity index (χ0n) is 36.8. The lowest BCUT2D eigenvalue weighted by Crippen LogP contribution is -2.60. The molecule has 3 aliphatic rings. The second-order valence-corrected chi connectivity index (χ2v) is 19.2. The topological polar surface area (TPSA) is 271 Å². The summed E-state index contributed by atoms with van der Waals surface area (Å²) in [7, 11) is -1.49. The van der Waals surface area contributed by atoms with Gasteiger partial charge in [-0.15, -0.1) is 6.58 Å². The summed E-state index contributed by atoms with van der Waals surface area (Å²) in [6, 6.07) is 9.93. The summed E-state index contributed by atoms with van der Waals surface area (Å²) in [5.41, 5.74) is -2.72. The van der Waals surface area contributed by atoms with E-state index in [1.165, 1.54) is 50.6 Å². The number of carbonyl (C=O) groups is 7. The summed E-state index contributed by atoms with van der Waals surface area (Å²) in [6.07, 6.45) is 0.575. The number of isocyanates is 1. The number of para-hydroxylation sites is 2. The molecule has 346 valence electrons. The van der Waals surface area contributed by atoms with Crippen LogP contribution in [-0.2, 0) is 48.1 Å². The molecular formula is C43H54N6O14S. The molecule has 1 unspecified atom stereocenters. The number of carbonyl (C=O) groups excluding carboxylic acids is 8. The van der Waals surface area contributed by atoms with E-state index >= 15 is 0 Å². The number of anilines is 1. The molecule has 5 amide bonds. The van der Waals surface area contributed by atoms with E-state index in [1.807, 2.05) is 0 Å². The van der Waals surface area contributed by atoms with Crippen LogP contribution >= 0.6 is 0 Å². The number of sulfonamides is 1. The molecule has 2 aliphatic carbocycles. The van der Waals surface area contributed by atoms with Gasteiger partial charge in [-0.2, -0.15) is 4.99 Å². The third kappa shape index (κ3) is 12.7. The van der Waals surface area contributed by atoms with Crippen molar-refractivity contribution < 1.29 is 65.7 Å². The van der Waals surface area contributed by atoms with Crippen molar-refractivity contribution in [1.82, 2.24) is 20.3 Å². The Morgan fingerprint density at radius 2 is 1.50 bits per heavy atom. The first-order chi connectivity index (χ1) is 29.9. The van der Waals surface area contributed by atoms with Crippen molar-refractivity contribution in [3.63, 3.8) is 0 Å². The van der Waals surface area contributed by atoms with Crippen LogP contribution in [0.4, 0.5) is 21.0 Å². The summed E-state index contributed by atoms with van der Waals surface area (Å²) >= 11 is 0. The number of nitrogens with zero attached hydrogens (tertiary/aromatic N) is 2. The molecule has 20 nitrogen and oxygen atoms in total. The highest BCUT2D eigenvalue weighted by molar-refractivity contribution is 7.91. The van der Waals surface area contributed by atoms with Gasteiger partial charge in [0.25, 0.3) is 5.91 Å². The molecule has 2 aromatic carbocycles. The molecule has 2 aromatic rings. The molecule has 0 aromatic heterocycles. The average Bonchev–Trinajstić information content (AvgIpc) is 4.15. The molecular weight excluding hydrogens is 857 g/mol. The molecule has 21 heteroatoms. The SMILES string of the molecule is C=CC1C[C@]1(NC(=O)[C@@H]1C[C@@H](OC(=O)Nc2ccccc2C(=O)OC)CN1C(=O)[C@@H](NC(=O)OC(C)(C)C)C(C)(C)C)C(=O)NS(=O)(=O)C1CC1.COC(=O)c1ccccc1N=C=O. The summed E-state index contributed by atoms with van der Waals surface area (Å²) < 4.78 is 47.6. The van der Waals surface area contributed by atoms with Gasteiger partial charge < -0.3 is 34.5 Å². The second kappa shape index (κ2) is 20.3. The summed E-state index contributed by atoms with van der Waals surface area (Å²) in [5.74, 6) is -4.23. The maximum Gasteiger partial charge on any atom is 0.411 e. The van der Waals surface area contributed by atoms with Crippen molar-refractivity contribution in [2.24, 2.45) is 16.3 Å². The minimum absolute atomic E-state index is 0.0622. The molecule has 0 radical (unpaired) electrons. The van der Waals surface area contributed by atoms with E-state index in [1.54, 1.807) is 65.8 Å². The monoisotopic (exact) mass is 910 g/mol. The number of methoxy groups -OCH3 is 2. The van der Waals surface area contributed by atoms with E-state index < -0.39 is 97.8 Å². The standard InChI is InChI=1S/C34H47N5O11S.C9H7NO3/c1-9-19-17-34(19,29(43)38-51(46,47)21-14-15-21)37-26(40)24-16-20(49-30(44)35-23-13-11-10-12-22(23)28(42)48-8)18-39(24)27(41)25(32(2,3)4)36-31(45)50-33(5,6)7;1-13-9(12)7-4-2-3-5-8(7)10-6-11/h9-13,19-21,24-25H,1,14-18H2,2-8H3,(H,35,44)(H,36,45)(H,37,40)(H,38,43);2-5H,1H3/t19?,20-,24+,25-,34-;/m1./s1. The fourth-order valence-corrected chi connectivity index (χ4v) is 8.07. The first kappa shape index (κ1) is 50.0. The minimum Gasteiger partial charge on any atom is -0.465 e. The van der Waals surface area contributed by atoms with Crippen LogP contribution in [0, 0.1) is 11.3 Å². The van der Waals surface area contributed by atoms with Gasteiger partial charge in [0.05, 0.1) is 48.5 Å². The van der Waals surface area contributed by atoms with Crippen LogP contribution < -0.4 is 20.7 Å². The van der Waals surface area contributed by atoms with Gasteiger partial charge in [0.15, 0.2) is 0 Å². The van der Waals surface area contributed by atoms with Crippen molar-refractivity contribution >= 4 is 69.3 Å². The Kier molecular flexibility index (Phi) is 15.9. The van der Waals surface area contributed by atoms with E-state index in [-0.39, 0.29) is 41.9 Å². The second-order valence-electron chi connectivity index (χ2n) is 17.3. The molecule has 1 saturated heterocycles. The van der Waals surface area contributed by atoms with Crippen LogP contribution in [0.15, 0.2) is 66.2 Å². The Morgan fingerprint density at radius 1 is 0.906 bits per heavy atom. The lowest BCUT2D eigenvalue weighted by molar-refractivity contribution is -0.143. The van der Waals surface area contributed by atoms with Crippen LogP contribution in [-0.4, -0.2) is 117 Å². The molecule has 3 fully saturated rings. The van der Waals surface area contributed by atoms with Crippen LogP contribution in [0.5, 0.6) is 0 Å². The van der Waals surface area contributed by atoms with Crippen molar-refractivity contribution in [3.05, 3.63) is 72.3 Å². The third-order valence-corrected chi connectivity index (χ3v) is 12.0. The number of amides is 5. The fourth-order valence-electron chi connectivity index (χ4n) is 6.71. The zero-order chi connectivity index (χ0) is 47.8. The number of hydrogen-bond donors (Lipinski definition) is 4. The number of hydrogen-bond acceptors (Lipinski definition) is 15. The number of rotatable bonds is 13. The normalized spacial score (nSPS) is 20.6. The Morgan fingerprint density at radius 3 is 2.05 bits per heavy atom. The van der Waals surface area contributed by atoms with Gasteiger partial charge in [-0.1, -0.05) is 51.1 Å². The first-order valence-corrected chi connectivity index (χ1v) is 21.7. The lowest BCUT2D eigenvalue weighted by Gasteiger charge is -2.36. The minimum atomic E-state index is -3.95. The Balaban J connectivity index is 0.000000591. The molecule has 2 saturated carbocycles. The number of alkyl carbamates (subject to hydrolysis) is 1. The molecule has 4 N–H and O–H groups in total. The lowest BCUT2D eigenvalue weighted by atomic mass is 9.85. The zero-order valence-corrected chi connectivity index (χ0v) is 37.7. The van der Waals surface area contributed by atoms with Gasteiger partial charge in [-0.25, -0.2) is 32.4 Å². The van der Waals surface area contributed by atoms with E-state index in [4.69, 9.17) is 14.2 Å². The van der Waals surface area contributed by atoms with Crippen molar-refractivity contribution in [1.29, 1.82) is 0 Å². The van der Waals surface area contributed by atoms with Gasteiger partial charge in [0.2, 0.25) is 27.9 Å². The van der Waals surface area contributed by atoms with E-state index in [9.17, 15) is 46.8 Å². The summed E-state index contributed by atoms with van der Waals surface area (Å²) in [4.78, 5) is 105. The van der Waals surface area contributed by atoms with E-state index in [2.05, 4.69) is 37.0 Å². The van der Waals surface area contributed by atoms with Crippen molar-refractivity contribution in [2.75, 3.05) is 26.1 Å². The molecule has 1 aliphatic heterocycles. The average molecular weight is 911 g/mol. The van der Waals surface area contributed by atoms with Crippen LogP contribution in [0.2, 0.25) is 0 Å². The molecule has 5 atom stereocenters. The maximum atomic E-state index is 14.3. The molecule has 0 spiro atoms. The summed E-state index contributed by atoms with van der Waals surface area (Å²) in [6.45, 7) is 13.5. The van der Waals surface area contributed by atoms with Gasteiger partial charge in [0.1, 0.15) is 29.3 Å². The number of benzene rings is 2. The van der Waals surface area contributed by atoms with E-state index in [0.29, 0.717) is 12.8 Å². The number of aliphatic imine (C=N–C) groups is 1. The van der Waals surface area contributed by atoms with Crippen molar-refractivity contribution in [3.8, 4) is 0 Å². The van der Waals surface area contributed by atoms with Gasteiger partial charge in [-0.05, 0) is 69.7 Å². The number of likely N-dealkylation sites (tertiary alicyclic amines) is 1. The van der Waals surface area contributed by atoms with E-state index in [0.717, 1.165) is 4.90 Å². The molecule has 64 heavy (non-hydrogen) atoms. The Bertz CT molecular complexity index is 2310. The largest absolute Gasteiger partial charge is 0.465 e. The molecule has 5 rings (SSSR count). The van der Waals surface area contributed by atoms with Crippen LogP contribution in [0.3, 0.4) is 0 Å². The molecule has 0 bridgehead atoms. The Hall–Kier alpha value is -6.60. The van der Waals surface area contributed by atoms with Crippen molar-refractivity contribution in [2.45, 2.75) is 102 Å². The third-order valence-electron chi connectivity index (χ3n) is 10.2.